The molecule has 0 aliphatic carbocycles. The SMILES string of the molecule is COc1ccccc1N(C)CC(=O)N1CCCNCC1. The van der Waals surface area contributed by atoms with Gasteiger partial charge in [-0.1, -0.05) is 12.1 Å². The van der Waals surface area contributed by atoms with Gasteiger partial charge >= 0.3 is 0 Å². The lowest BCUT2D eigenvalue weighted by Gasteiger charge is -2.26. The van der Waals surface area contributed by atoms with Gasteiger partial charge in [0.2, 0.25) is 5.91 Å². The summed E-state index contributed by atoms with van der Waals surface area (Å²) in [7, 11) is 3.57. The lowest BCUT2D eigenvalue weighted by atomic mass is 10.2. The van der Waals surface area contributed by atoms with Crippen molar-refractivity contribution in [2.24, 2.45) is 0 Å². The summed E-state index contributed by atoms with van der Waals surface area (Å²) < 4.78 is 5.34. The third-order valence-corrected chi connectivity index (χ3v) is 3.56. The van der Waals surface area contributed by atoms with Gasteiger partial charge in [0.1, 0.15) is 5.75 Å². The Kier molecular flexibility index (Phi) is 5.24. The summed E-state index contributed by atoms with van der Waals surface area (Å²) in [5.74, 6) is 0.961. The third kappa shape index (κ3) is 3.63. The van der Waals surface area contributed by atoms with E-state index in [1.54, 1.807) is 7.11 Å². The predicted molar refractivity (Wildman–Crippen MR) is 80.3 cm³/mol. The highest BCUT2D eigenvalue weighted by Crippen LogP contribution is 2.26. The maximum atomic E-state index is 12.3. The van der Waals surface area contributed by atoms with E-state index >= 15 is 0 Å². The number of anilines is 1. The van der Waals surface area contributed by atoms with Gasteiger partial charge in [0.15, 0.2) is 0 Å². The fraction of sp³-hybridized carbons (Fsp3) is 0.533. The second-order valence-corrected chi connectivity index (χ2v) is 5.01. The molecular formula is C15H23N3O2. The Bertz CT molecular complexity index is 442. The zero-order valence-corrected chi connectivity index (χ0v) is 12.3. The number of nitrogens with one attached hydrogen (secondary N) is 1. The average Bonchev–Trinajstić information content (AvgIpc) is 2.76. The molecule has 2 rings (SSSR count). The molecule has 1 aliphatic rings. The highest BCUT2D eigenvalue weighted by atomic mass is 16.5. The van der Waals surface area contributed by atoms with Crippen molar-refractivity contribution >= 4 is 11.6 Å². The summed E-state index contributed by atoms with van der Waals surface area (Å²) in [6, 6.07) is 7.76. The molecule has 1 aromatic carbocycles. The summed E-state index contributed by atoms with van der Waals surface area (Å²) in [5.41, 5.74) is 0.941. The molecule has 1 saturated heterocycles. The van der Waals surface area contributed by atoms with E-state index in [0.717, 1.165) is 44.0 Å². The van der Waals surface area contributed by atoms with Crippen molar-refractivity contribution in [2.45, 2.75) is 6.42 Å². The number of amides is 1. The standard InChI is InChI=1S/C15H23N3O2/c1-17(13-6-3-4-7-14(13)20-2)12-15(19)18-10-5-8-16-9-11-18/h3-4,6-7,16H,5,8-12H2,1-2H3. The first-order chi connectivity index (χ1) is 9.72. The lowest BCUT2D eigenvalue weighted by molar-refractivity contribution is -0.129. The molecule has 5 nitrogen and oxygen atoms in total. The molecule has 1 amide bonds. The van der Waals surface area contributed by atoms with Crippen LogP contribution in [0.1, 0.15) is 6.42 Å². The van der Waals surface area contributed by atoms with E-state index in [9.17, 15) is 4.79 Å². The van der Waals surface area contributed by atoms with Crippen molar-refractivity contribution in [3.05, 3.63) is 24.3 Å². The van der Waals surface area contributed by atoms with E-state index in [-0.39, 0.29) is 5.91 Å². The number of carbonyl (C=O) groups excluding carboxylic acids is 1. The molecule has 1 N–H and O–H groups in total. The molecule has 1 aromatic rings. The van der Waals surface area contributed by atoms with Crippen LogP contribution >= 0.6 is 0 Å². The molecule has 1 fully saturated rings. The molecule has 0 bridgehead atoms. The smallest absolute Gasteiger partial charge is 0.242 e. The van der Waals surface area contributed by atoms with Crippen LogP contribution in [0.4, 0.5) is 5.69 Å². The first kappa shape index (κ1) is 14.7. The Labute approximate surface area is 120 Å². The molecule has 0 saturated carbocycles. The minimum atomic E-state index is 0.169. The van der Waals surface area contributed by atoms with Crippen molar-refractivity contribution in [1.29, 1.82) is 0 Å². The highest BCUT2D eigenvalue weighted by Gasteiger charge is 2.18. The van der Waals surface area contributed by atoms with Gasteiger partial charge in [-0.3, -0.25) is 4.79 Å². The Morgan fingerprint density at radius 1 is 1.35 bits per heavy atom. The zero-order valence-electron chi connectivity index (χ0n) is 12.3. The summed E-state index contributed by atoms with van der Waals surface area (Å²) in [6.07, 6.45) is 1.02. The van der Waals surface area contributed by atoms with Crippen LogP contribution in [-0.4, -0.2) is 57.7 Å². The van der Waals surface area contributed by atoms with E-state index in [1.807, 2.05) is 41.1 Å². The van der Waals surface area contributed by atoms with Gasteiger partial charge in [-0.05, 0) is 25.1 Å². The first-order valence-electron chi connectivity index (χ1n) is 7.05. The molecule has 20 heavy (non-hydrogen) atoms. The second-order valence-electron chi connectivity index (χ2n) is 5.01. The number of benzene rings is 1. The molecule has 0 spiro atoms. The van der Waals surface area contributed by atoms with Gasteiger partial charge in [0.05, 0.1) is 19.3 Å². The molecule has 0 unspecified atom stereocenters. The average molecular weight is 277 g/mol. The largest absolute Gasteiger partial charge is 0.495 e. The van der Waals surface area contributed by atoms with E-state index in [1.165, 1.54) is 0 Å². The third-order valence-electron chi connectivity index (χ3n) is 3.56. The van der Waals surface area contributed by atoms with Crippen LogP contribution in [-0.2, 0) is 4.79 Å². The minimum Gasteiger partial charge on any atom is -0.495 e. The quantitative estimate of drug-likeness (QED) is 0.890. The highest BCUT2D eigenvalue weighted by molar-refractivity contribution is 5.82. The number of ether oxygens (including phenoxy) is 1. The number of hydrogen-bond acceptors (Lipinski definition) is 4. The summed E-state index contributed by atoms with van der Waals surface area (Å²) >= 11 is 0. The van der Waals surface area contributed by atoms with E-state index < -0.39 is 0 Å². The van der Waals surface area contributed by atoms with Crippen molar-refractivity contribution < 1.29 is 9.53 Å². The fourth-order valence-corrected chi connectivity index (χ4v) is 2.43. The van der Waals surface area contributed by atoms with E-state index in [2.05, 4.69) is 5.32 Å². The van der Waals surface area contributed by atoms with Crippen LogP contribution in [0.5, 0.6) is 5.75 Å². The lowest BCUT2D eigenvalue weighted by Crippen LogP contribution is -2.40. The number of rotatable bonds is 4. The van der Waals surface area contributed by atoms with E-state index in [0.29, 0.717) is 6.54 Å². The molecule has 1 heterocycles. The number of carbonyl (C=O) groups is 1. The van der Waals surface area contributed by atoms with Crippen molar-refractivity contribution in [3.63, 3.8) is 0 Å². The van der Waals surface area contributed by atoms with Gasteiger partial charge in [0, 0.05) is 26.7 Å². The molecule has 110 valence electrons. The molecule has 0 radical (unpaired) electrons. The van der Waals surface area contributed by atoms with Crippen LogP contribution in [0.15, 0.2) is 24.3 Å². The van der Waals surface area contributed by atoms with Crippen molar-refractivity contribution in [3.8, 4) is 5.75 Å². The Hall–Kier alpha value is -1.75. The molecule has 0 aromatic heterocycles. The van der Waals surface area contributed by atoms with Gasteiger partial charge in [0.25, 0.3) is 0 Å². The van der Waals surface area contributed by atoms with E-state index in [4.69, 9.17) is 4.74 Å². The summed E-state index contributed by atoms with van der Waals surface area (Å²) in [6.45, 7) is 3.88. The fourth-order valence-electron chi connectivity index (χ4n) is 2.43. The van der Waals surface area contributed by atoms with Gasteiger partial charge in [-0.25, -0.2) is 0 Å². The number of methoxy groups -OCH3 is 1. The van der Waals surface area contributed by atoms with Crippen LogP contribution in [0.3, 0.4) is 0 Å². The first-order valence-corrected chi connectivity index (χ1v) is 7.05. The Morgan fingerprint density at radius 3 is 2.95 bits per heavy atom. The normalized spacial score (nSPS) is 15.6. The predicted octanol–water partition coefficient (Wildman–Crippen LogP) is 0.953. The number of likely N-dealkylation sites (N-methyl/N-ethyl adjacent to an activating group) is 1. The van der Waals surface area contributed by atoms with Crippen LogP contribution in [0, 0.1) is 0 Å². The summed E-state index contributed by atoms with van der Waals surface area (Å²) in [5, 5.41) is 3.31. The number of hydrogen-bond donors (Lipinski definition) is 1. The Balaban J connectivity index is 1.99. The topological polar surface area (TPSA) is 44.8 Å². The van der Waals surface area contributed by atoms with Crippen molar-refractivity contribution in [2.75, 3.05) is 51.8 Å². The molecular weight excluding hydrogens is 254 g/mol. The maximum Gasteiger partial charge on any atom is 0.242 e. The van der Waals surface area contributed by atoms with Gasteiger partial charge < -0.3 is 19.9 Å². The number of nitrogens with zero attached hydrogens (tertiary/aromatic N) is 2. The monoisotopic (exact) mass is 277 g/mol. The summed E-state index contributed by atoms with van der Waals surface area (Å²) in [4.78, 5) is 16.2. The minimum absolute atomic E-state index is 0.169. The van der Waals surface area contributed by atoms with Crippen molar-refractivity contribution in [1.82, 2.24) is 10.2 Å². The maximum absolute atomic E-state index is 12.3. The van der Waals surface area contributed by atoms with Gasteiger partial charge in [-0.2, -0.15) is 0 Å². The molecule has 5 heteroatoms. The Morgan fingerprint density at radius 2 is 2.15 bits per heavy atom. The number of para-hydroxylation sites is 2. The zero-order chi connectivity index (χ0) is 14.4. The molecule has 0 atom stereocenters. The van der Waals surface area contributed by atoms with Crippen LogP contribution in [0.25, 0.3) is 0 Å². The van der Waals surface area contributed by atoms with Crippen LogP contribution < -0.4 is 15.0 Å². The second kappa shape index (κ2) is 7.14. The van der Waals surface area contributed by atoms with Crippen LogP contribution in [0.2, 0.25) is 0 Å². The van der Waals surface area contributed by atoms with Gasteiger partial charge in [-0.15, -0.1) is 0 Å². The molecule has 1 aliphatic heterocycles.